The summed E-state index contributed by atoms with van der Waals surface area (Å²) in [7, 11) is 3.52. The minimum atomic E-state index is -0.00185. The van der Waals surface area contributed by atoms with Gasteiger partial charge in [0, 0.05) is 59.4 Å². The first-order valence-corrected chi connectivity index (χ1v) is 11.3. The molecule has 0 aliphatic carbocycles. The Hall–Kier alpha value is -0.690. The molecule has 2 aliphatic rings. The van der Waals surface area contributed by atoms with Crippen molar-refractivity contribution in [3.05, 3.63) is 0 Å². The zero-order valence-electron chi connectivity index (χ0n) is 19.8. The van der Waals surface area contributed by atoms with Gasteiger partial charge in [-0.1, -0.05) is 13.8 Å². The van der Waals surface area contributed by atoms with E-state index in [0.29, 0.717) is 17.9 Å². The maximum absolute atomic E-state index is 12.0. The SMILES string of the molecule is CC(C)C(CNC(=NCC(=O)N(C)C)NCCCN1CCOCC1)N1CCOCC1.I. The predicted octanol–water partition coefficient (Wildman–Crippen LogP) is 0.307. The van der Waals surface area contributed by atoms with Crippen LogP contribution in [0.1, 0.15) is 20.3 Å². The largest absolute Gasteiger partial charge is 0.379 e. The number of hydrogen-bond acceptors (Lipinski definition) is 6. The van der Waals surface area contributed by atoms with Gasteiger partial charge in [0.2, 0.25) is 5.91 Å². The molecule has 2 aliphatic heterocycles. The lowest BCUT2D eigenvalue weighted by molar-refractivity contribution is -0.127. The minimum absolute atomic E-state index is 0. The van der Waals surface area contributed by atoms with Crippen LogP contribution in [0.25, 0.3) is 0 Å². The molecule has 1 unspecified atom stereocenters. The summed E-state index contributed by atoms with van der Waals surface area (Å²) >= 11 is 0. The smallest absolute Gasteiger partial charge is 0.243 e. The summed E-state index contributed by atoms with van der Waals surface area (Å²) in [6.45, 7) is 14.5. The van der Waals surface area contributed by atoms with Crippen LogP contribution in [-0.4, -0.2) is 125 Å². The van der Waals surface area contributed by atoms with E-state index < -0.39 is 0 Å². The highest BCUT2D eigenvalue weighted by atomic mass is 127. The first kappa shape index (κ1) is 28.3. The molecular formula is C21H43IN6O3. The fourth-order valence-electron chi connectivity index (χ4n) is 3.69. The van der Waals surface area contributed by atoms with E-state index in [2.05, 4.69) is 39.3 Å². The average Bonchev–Trinajstić information content (AvgIpc) is 2.75. The Kier molecular flexibility index (Phi) is 14.6. The number of guanidine groups is 1. The Labute approximate surface area is 205 Å². The topological polar surface area (TPSA) is 81.7 Å². The number of nitrogens with one attached hydrogen (secondary N) is 2. The molecule has 2 fully saturated rings. The third-order valence-electron chi connectivity index (χ3n) is 5.68. The maximum atomic E-state index is 12.0. The van der Waals surface area contributed by atoms with Gasteiger partial charge in [-0.3, -0.25) is 14.6 Å². The van der Waals surface area contributed by atoms with Crippen LogP contribution in [-0.2, 0) is 14.3 Å². The molecular weight excluding hydrogens is 511 g/mol. The number of carbonyl (C=O) groups excluding carboxylic acids is 1. The monoisotopic (exact) mass is 554 g/mol. The van der Waals surface area contributed by atoms with Crippen molar-refractivity contribution < 1.29 is 14.3 Å². The van der Waals surface area contributed by atoms with Crippen molar-refractivity contribution in [2.75, 3.05) is 92.9 Å². The lowest BCUT2D eigenvalue weighted by Crippen LogP contribution is -2.52. The van der Waals surface area contributed by atoms with Crippen LogP contribution in [0, 0.1) is 5.92 Å². The first-order valence-electron chi connectivity index (χ1n) is 11.3. The summed E-state index contributed by atoms with van der Waals surface area (Å²) in [5.41, 5.74) is 0. The lowest BCUT2D eigenvalue weighted by atomic mass is 10.0. The van der Waals surface area contributed by atoms with Gasteiger partial charge in [0.1, 0.15) is 6.54 Å². The molecule has 0 radical (unpaired) electrons. The third kappa shape index (κ3) is 11.1. The average molecular weight is 555 g/mol. The van der Waals surface area contributed by atoms with Crippen molar-refractivity contribution in [3.63, 3.8) is 0 Å². The van der Waals surface area contributed by atoms with Crippen LogP contribution in [0.5, 0.6) is 0 Å². The standard InChI is InChI=1S/C21H42N6O3.HI/c1-18(2)19(27-10-14-30-15-11-27)16-23-21(24-17-20(28)25(3)4)22-6-5-7-26-8-12-29-13-9-26;/h18-19H,5-17H2,1-4H3,(H2,22,23,24);1H. The van der Waals surface area contributed by atoms with Crippen LogP contribution in [0.15, 0.2) is 4.99 Å². The summed E-state index contributed by atoms with van der Waals surface area (Å²) in [5, 5.41) is 6.90. The van der Waals surface area contributed by atoms with E-state index in [0.717, 1.165) is 78.7 Å². The highest BCUT2D eigenvalue weighted by Crippen LogP contribution is 2.12. The second-order valence-electron chi connectivity index (χ2n) is 8.53. The zero-order valence-corrected chi connectivity index (χ0v) is 22.1. The fraction of sp³-hybridized carbons (Fsp3) is 0.905. The molecule has 0 spiro atoms. The van der Waals surface area contributed by atoms with Gasteiger partial charge in [-0.05, 0) is 18.9 Å². The molecule has 0 saturated carbocycles. The molecule has 2 heterocycles. The van der Waals surface area contributed by atoms with Crippen molar-refractivity contribution in [3.8, 4) is 0 Å². The van der Waals surface area contributed by atoms with Crippen molar-refractivity contribution in [2.45, 2.75) is 26.3 Å². The Morgan fingerprint density at radius 2 is 1.65 bits per heavy atom. The lowest BCUT2D eigenvalue weighted by Gasteiger charge is -2.37. The van der Waals surface area contributed by atoms with Crippen molar-refractivity contribution in [1.29, 1.82) is 0 Å². The Balaban J connectivity index is 0.00000480. The molecule has 31 heavy (non-hydrogen) atoms. The second-order valence-corrected chi connectivity index (χ2v) is 8.53. The number of hydrogen-bond donors (Lipinski definition) is 2. The van der Waals surface area contributed by atoms with Gasteiger partial charge in [0.25, 0.3) is 0 Å². The zero-order chi connectivity index (χ0) is 21.8. The highest BCUT2D eigenvalue weighted by molar-refractivity contribution is 14.0. The van der Waals surface area contributed by atoms with Crippen LogP contribution >= 0.6 is 24.0 Å². The van der Waals surface area contributed by atoms with Gasteiger partial charge in [-0.15, -0.1) is 24.0 Å². The van der Waals surface area contributed by atoms with E-state index in [1.807, 2.05) is 0 Å². The van der Waals surface area contributed by atoms with Crippen LogP contribution in [0.4, 0.5) is 0 Å². The number of halogens is 1. The quantitative estimate of drug-likeness (QED) is 0.174. The number of rotatable bonds is 10. The normalized spacial score (nSPS) is 19.6. The molecule has 9 nitrogen and oxygen atoms in total. The first-order chi connectivity index (χ1) is 14.5. The summed E-state index contributed by atoms with van der Waals surface area (Å²) in [4.78, 5) is 23.0. The Morgan fingerprint density at radius 1 is 1.03 bits per heavy atom. The summed E-state index contributed by atoms with van der Waals surface area (Å²) in [6, 6.07) is 0.402. The Bertz CT molecular complexity index is 523. The molecule has 2 saturated heterocycles. The summed E-state index contributed by atoms with van der Waals surface area (Å²) in [6.07, 6.45) is 1.03. The number of aliphatic imine (C=N–C) groups is 1. The van der Waals surface area contributed by atoms with E-state index in [-0.39, 0.29) is 36.4 Å². The molecule has 2 rings (SSSR count). The van der Waals surface area contributed by atoms with Crippen LogP contribution < -0.4 is 10.6 Å². The molecule has 0 aromatic carbocycles. The number of nitrogens with zero attached hydrogens (tertiary/aromatic N) is 4. The third-order valence-corrected chi connectivity index (χ3v) is 5.68. The number of carbonyl (C=O) groups is 1. The summed E-state index contributed by atoms with van der Waals surface area (Å²) in [5.74, 6) is 1.23. The second kappa shape index (κ2) is 16.0. The highest BCUT2D eigenvalue weighted by Gasteiger charge is 2.24. The molecule has 1 atom stereocenters. The molecule has 1 amide bonds. The van der Waals surface area contributed by atoms with Gasteiger partial charge in [-0.2, -0.15) is 0 Å². The van der Waals surface area contributed by atoms with Crippen molar-refractivity contribution >= 4 is 35.8 Å². The molecule has 0 aromatic heterocycles. The van der Waals surface area contributed by atoms with E-state index in [4.69, 9.17) is 9.47 Å². The van der Waals surface area contributed by atoms with Gasteiger partial charge in [0.15, 0.2) is 5.96 Å². The van der Waals surface area contributed by atoms with Crippen molar-refractivity contribution in [1.82, 2.24) is 25.3 Å². The molecule has 182 valence electrons. The van der Waals surface area contributed by atoms with E-state index in [1.54, 1.807) is 19.0 Å². The van der Waals surface area contributed by atoms with Gasteiger partial charge >= 0.3 is 0 Å². The summed E-state index contributed by atoms with van der Waals surface area (Å²) < 4.78 is 10.9. The maximum Gasteiger partial charge on any atom is 0.243 e. The fourth-order valence-corrected chi connectivity index (χ4v) is 3.69. The van der Waals surface area contributed by atoms with Gasteiger partial charge in [-0.25, -0.2) is 4.99 Å². The van der Waals surface area contributed by atoms with Gasteiger partial charge in [0.05, 0.1) is 26.4 Å². The predicted molar refractivity (Wildman–Crippen MR) is 135 cm³/mol. The molecule has 0 bridgehead atoms. The molecule has 10 heteroatoms. The van der Waals surface area contributed by atoms with Gasteiger partial charge < -0.3 is 25.0 Å². The number of likely N-dealkylation sites (N-methyl/N-ethyl adjacent to an activating group) is 1. The molecule has 0 aromatic rings. The Morgan fingerprint density at radius 3 is 2.23 bits per heavy atom. The van der Waals surface area contributed by atoms with Crippen LogP contribution in [0.2, 0.25) is 0 Å². The minimum Gasteiger partial charge on any atom is -0.379 e. The number of amides is 1. The van der Waals surface area contributed by atoms with E-state index in [9.17, 15) is 4.79 Å². The number of morpholine rings is 2. The van der Waals surface area contributed by atoms with Crippen molar-refractivity contribution in [2.24, 2.45) is 10.9 Å². The van der Waals surface area contributed by atoms with Crippen LogP contribution in [0.3, 0.4) is 0 Å². The van der Waals surface area contributed by atoms with E-state index >= 15 is 0 Å². The van der Waals surface area contributed by atoms with E-state index in [1.165, 1.54) is 0 Å². The number of ether oxygens (including phenoxy) is 2. The molecule has 2 N–H and O–H groups in total.